The highest BCUT2D eigenvalue weighted by Crippen LogP contribution is 2.35. The van der Waals surface area contributed by atoms with E-state index >= 15 is 0 Å². The van der Waals surface area contributed by atoms with Crippen molar-refractivity contribution in [2.75, 3.05) is 42.6 Å². The average Bonchev–Trinajstić information content (AvgIpc) is 3.03. The molecule has 9 heteroatoms. The summed E-state index contributed by atoms with van der Waals surface area (Å²) < 4.78 is 38.5. The van der Waals surface area contributed by atoms with E-state index in [9.17, 15) is 18.0 Å². The molecule has 1 atom stereocenters. The number of pyridine rings is 1. The first-order valence-corrected chi connectivity index (χ1v) is 9.65. The Hall–Kier alpha value is -0.960. The number of thioether (sulfide) groups is 1. The largest absolute Gasteiger partial charge is 0.417 e. The number of halogens is 4. The van der Waals surface area contributed by atoms with Gasteiger partial charge in [-0.05, 0) is 28.4 Å². The number of carbonyl (C=O) groups is 1. The molecule has 0 spiro atoms. The fraction of sp³-hybridized carbons (Fsp3) is 0.600. The molecule has 1 aromatic rings. The van der Waals surface area contributed by atoms with Crippen LogP contribution in [0.25, 0.3) is 0 Å². The quantitative estimate of drug-likeness (QED) is 0.731. The zero-order valence-corrected chi connectivity index (χ0v) is 15.3. The number of nitrogens with zero attached hydrogens (tertiary/aromatic N) is 3. The van der Waals surface area contributed by atoms with E-state index in [1.807, 2.05) is 21.6 Å². The Balaban J connectivity index is 1.68. The molecule has 3 rings (SSSR count). The van der Waals surface area contributed by atoms with Gasteiger partial charge in [0.1, 0.15) is 5.82 Å². The number of carbonyl (C=O) groups excluding carboxylic acids is 1. The van der Waals surface area contributed by atoms with Crippen molar-refractivity contribution >= 4 is 39.4 Å². The van der Waals surface area contributed by atoms with E-state index < -0.39 is 11.7 Å². The molecule has 4 nitrogen and oxygen atoms in total. The Morgan fingerprint density at radius 1 is 1.29 bits per heavy atom. The lowest BCUT2D eigenvalue weighted by Gasteiger charge is -2.29. The fourth-order valence-electron chi connectivity index (χ4n) is 3.01. The predicted octanol–water partition coefficient (Wildman–Crippen LogP) is 3.26. The molecule has 0 saturated carbocycles. The highest BCUT2D eigenvalue weighted by molar-refractivity contribution is 9.10. The molecule has 24 heavy (non-hydrogen) atoms. The number of hydrogen-bond donors (Lipinski definition) is 0. The molecule has 0 aliphatic carbocycles. The Morgan fingerprint density at radius 2 is 2.00 bits per heavy atom. The smallest absolute Gasteiger partial charge is 0.355 e. The van der Waals surface area contributed by atoms with Crippen LogP contribution >= 0.6 is 27.7 Å². The number of rotatable bonds is 2. The van der Waals surface area contributed by atoms with E-state index in [1.165, 1.54) is 0 Å². The van der Waals surface area contributed by atoms with Gasteiger partial charge in [0.05, 0.1) is 16.0 Å². The maximum Gasteiger partial charge on any atom is 0.417 e. The molecular weight excluding hydrogens is 407 g/mol. The van der Waals surface area contributed by atoms with E-state index in [-0.39, 0.29) is 11.8 Å². The third kappa shape index (κ3) is 3.82. The molecule has 2 aliphatic rings. The van der Waals surface area contributed by atoms with Gasteiger partial charge in [-0.3, -0.25) is 4.79 Å². The third-order valence-corrected chi connectivity index (χ3v) is 5.83. The molecule has 0 radical (unpaired) electrons. The summed E-state index contributed by atoms with van der Waals surface area (Å²) in [5, 5.41) is 0. The third-order valence-electron chi connectivity index (χ3n) is 4.31. The van der Waals surface area contributed by atoms with E-state index in [0.717, 1.165) is 36.9 Å². The van der Waals surface area contributed by atoms with Crippen LogP contribution in [0.5, 0.6) is 0 Å². The van der Waals surface area contributed by atoms with Crippen molar-refractivity contribution < 1.29 is 18.0 Å². The van der Waals surface area contributed by atoms with Crippen molar-refractivity contribution in [2.24, 2.45) is 5.92 Å². The van der Waals surface area contributed by atoms with Crippen molar-refractivity contribution in [3.63, 3.8) is 0 Å². The van der Waals surface area contributed by atoms with Gasteiger partial charge >= 0.3 is 6.18 Å². The van der Waals surface area contributed by atoms with Crippen LogP contribution < -0.4 is 4.90 Å². The number of aromatic nitrogens is 1. The van der Waals surface area contributed by atoms with E-state index in [0.29, 0.717) is 29.8 Å². The molecule has 1 amide bonds. The first kappa shape index (κ1) is 17.8. The summed E-state index contributed by atoms with van der Waals surface area (Å²) in [5.41, 5.74) is -0.782. The van der Waals surface area contributed by atoms with Gasteiger partial charge in [0, 0.05) is 43.9 Å². The highest BCUT2D eigenvalue weighted by atomic mass is 79.9. The monoisotopic (exact) mass is 423 g/mol. The number of hydrogen-bond acceptors (Lipinski definition) is 4. The molecule has 0 aromatic carbocycles. The van der Waals surface area contributed by atoms with Gasteiger partial charge < -0.3 is 9.80 Å². The molecule has 0 N–H and O–H groups in total. The van der Waals surface area contributed by atoms with E-state index in [2.05, 4.69) is 20.9 Å². The molecule has 0 bridgehead atoms. The van der Waals surface area contributed by atoms with Crippen molar-refractivity contribution in [2.45, 2.75) is 12.6 Å². The second-order valence-corrected chi connectivity index (χ2v) is 7.98. The molecule has 3 heterocycles. The van der Waals surface area contributed by atoms with Crippen molar-refractivity contribution in [1.29, 1.82) is 0 Å². The second kappa shape index (κ2) is 7.11. The maximum atomic E-state index is 12.7. The van der Waals surface area contributed by atoms with Gasteiger partial charge in [-0.25, -0.2) is 4.98 Å². The summed E-state index contributed by atoms with van der Waals surface area (Å²) in [6.45, 7) is 2.68. The maximum absolute atomic E-state index is 12.7. The lowest BCUT2D eigenvalue weighted by Crippen LogP contribution is -2.42. The summed E-state index contributed by atoms with van der Waals surface area (Å²) in [5.74, 6) is 2.44. The minimum atomic E-state index is -4.41. The molecule has 2 saturated heterocycles. The number of amides is 1. The van der Waals surface area contributed by atoms with Crippen LogP contribution in [0.15, 0.2) is 16.7 Å². The zero-order valence-electron chi connectivity index (χ0n) is 12.9. The topological polar surface area (TPSA) is 36.4 Å². The van der Waals surface area contributed by atoms with Crippen LogP contribution in [-0.2, 0) is 11.0 Å². The number of alkyl halides is 3. The first-order valence-electron chi connectivity index (χ1n) is 7.70. The van der Waals surface area contributed by atoms with Crippen molar-refractivity contribution in [3.8, 4) is 0 Å². The second-order valence-electron chi connectivity index (χ2n) is 5.90. The minimum absolute atomic E-state index is 0.107. The Labute approximate surface area is 150 Å². The normalized spacial score (nSPS) is 22.1. The van der Waals surface area contributed by atoms with Gasteiger partial charge in [-0.2, -0.15) is 24.9 Å². The summed E-state index contributed by atoms with van der Waals surface area (Å²) in [6, 6.07) is 1.04. The van der Waals surface area contributed by atoms with Crippen molar-refractivity contribution in [1.82, 2.24) is 9.88 Å². The van der Waals surface area contributed by atoms with Crippen molar-refractivity contribution in [3.05, 3.63) is 22.3 Å². The molecule has 1 aromatic heterocycles. The van der Waals surface area contributed by atoms with Gasteiger partial charge in [0.15, 0.2) is 0 Å². The van der Waals surface area contributed by atoms with Crippen LogP contribution in [0.3, 0.4) is 0 Å². The first-order chi connectivity index (χ1) is 11.4. The van der Waals surface area contributed by atoms with Crippen LogP contribution in [0, 0.1) is 5.92 Å². The molecule has 132 valence electrons. The Kier molecular flexibility index (Phi) is 5.29. The Morgan fingerprint density at radius 3 is 2.62 bits per heavy atom. The number of anilines is 1. The molecular formula is C15H17BrF3N3OS. The van der Waals surface area contributed by atoms with Crippen LogP contribution in [0.4, 0.5) is 19.0 Å². The summed E-state index contributed by atoms with van der Waals surface area (Å²) >= 11 is 5.03. The SMILES string of the molecule is O=C(C1CCN(c2ncc(C(F)(F)F)cc2Br)C1)N1CCSCC1. The molecule has 2 aliphatic heterocycles. The Bertz CT molecular complexity index is 622. The average molecular weight is 424 g/mol. The van der Waals surface area contributed by atoms with Gasteiger partial charge in [0.2, 0.25) is 5.91 Å². The molecule has 1 unspecified atom stereocenters. The summed E-state index contributed by atoms with van der Waals surface area (Å²) in [7, 11) is 0. The fourth-order valence-corrected chi connectivity index (χ4v) is 4.52. The van der Waals surface area contributed by atoms with Gasteiger partial charge in [-0.15, -0.1) is 0 Å². The van der Waals surface area contributed by atoms with Gasteiger partial charge in [0.25, 0.3) is 0 Å². The van der Waals surface area contributed by atoms with E-state index in [4.69, 9.17) is 0 Å². The lowest BCUT2D eigenvalue weighted by molar-refractivity contribution is -0.138. The zero-order chi connectivity index (χ0) is 17.3. The lowest BCUT2D eigenvalue weighted by atomic mass is 10.1. The summed E-state index contributed by atoms with van der Waals surface area (Å²) in [6.07, 6.45) is -2.86. The van der Waals surface area contributed by atoms with E-state index in [1.54, 1.807) is 0 Å². The van der Waals surface area contributed by atoms with Crippen LogP contribution in [-0.4, -0.2) is 53.5 Å². The predicted molar refractivity (Wildman–Crippen MR) is 91.2 cm³/mol. The molecule has 2 fully saturated rings. The minimum Gasteiger partial charge on any atom is -0.355 e. The van der Waals surface area contributed by atoms with Crippen LogP contribution in [0.2, 0.25) is 0 Å². The van der Waals surface area contributed by atoms with Gasteiger partial charge in [-0.1, -0.05) is 0 Å². The van der Waals surface area contributed by atoms with Crippen LogP contribution in [0.1, 0.15) is 12.0 Å². The summed E-state index contributed by atoms with van der Waals surface area (Å²) in [4.78, 5) is 20.3. The highest BCUT2D eigenvalue weighted by Gasteiger charge is 2.35. The standard InChI is InChI=1S/C15H17BrF3N3OS/c16-12-7-11(15(17,18)19)8-20-13(12)22-2-1-10(9-22)14(23)21-3-5-24-6-4-21/h7-8,10H,1-6,9H2.